The second kappa shape index (κ2) is 8.67. The molecular formula is C23H22BrNO5S. The maximum Gasteiger partial charge on any atom is 0.305 e. The van der Waals surface area contributed by atoms with Gasteiger partial charge in [-0.25, -0.2) is 0 Å². The molecule has 1 spiro atoms. The fraction of sp³-hybridized carbons (Fsp3) is 0.348. The summed E-state index contributed by atoms with van der Waals surface area (Å²) in [7, 11) is 2.93. The van der Waals surface area contributed by atoms with Crippen molar-refractivity contribution >= 4 is 51.5 Å². The van der Waals surface area contributed by atoms with Crippen molar-refractivity contribution in [2.75, 3.05) is 25.3 Å². The molecule has 0 bridgehead atoms. The van der Waals surface area contributed by atoms with Gasteiger partial charge >= 0.3 is 5.97 Å². The normalized spacial score (nSPS) is 26.8. The summed E-state index contributed by atoms with van der Waals surface area (Å²) in [6, 6.07) is 13.2. The number of carbonyl (C=O) groups excluding carboxylic acids is 3. The molecule has 1 amide bonds. The minimum absolute atomic E-state index is 0.128. The summed E-state index contributed by atoms with van der Waals surface area (Å²) in [4.78, 5) is 38.0. The van der Waals surface area contributed by atoms with E-state index in [4.69, 9.17) is 9.47 Å². The van der Waals surface area contributed by atoms with Gasteiger partial charge in [0.25, 0.3) is 0 Å². The number of aldehydes is 1. The third-order valence-electron chi connectivity index (χ3n) is 6.17. The van der Waals surface area contributed by atoms with E-state index in [1.165, 1.54) is 18.9 Å². The Morgan fingerprint density at radius 1 is 1.26 bits per heavy atom. The van der Waals surface area contributed by atoms with Crippen LogP contribution >= 0.6 is 27.7 Å². The molecule has 4 unspecified atom stereocenters. The highest BCUT2D eigenvalue weighted by molar-refractivity contribution is 9.10. The zero-order valence-corrected chi connectivity index (χ0v) is 19.5. The maximum absolute atomic E-state index is 13.5. The van der Waals surface area contributed by atoms with Gasteiger partial charge in [0.2, 0.25) is 5.91 Å². The summed E-state index contributed by atoms with van der Waals surface area (Å²) in [6.07, 6.45) is 1.02. The molecule has 4 rings (SSSR count). The standard InChI is InChI=1S/C23H22BrNO5S/c1-29-15-8-6-13(7-9-15)20-16(11-26)14(10-19(27)30-2)12-31-23(20)17-4-3-5-18(24)21(17)25-22(23)28/h3-9,11,14,16,20H,10,12H2,1-2H3,(H,25,28). The van der Waals surface area contributed by atoms with Crippen LogP contribution in [-0.2, 0) is 23.9 Å². The van der Waals surface area contributed by atoms with Gasteiger partial charge in [-0.3, -0.25) is 9.59 Å². The largest absolute Gasteiger partial charge is 0.497 e. The molecule has 2 aromatic carbocycles. The molecule has 2 aromatic rings. The zero-order chi connectivity index (χ0) is 22.2. The Morgan fingerprint density at radius 2 is 2.00 bits per heavy atom. The smallest absolute Gasteiger partial charge is 0.305 e. The third kappa shape index (κ3) is 3.55. The van der Waals surface area contributed by atoms with Crippen LogP contribution in [0, 0.1) is 11.8 Å². The molecule has 0 radical (unpaired) electrons. The van der Waals surface area contributed by atoms with Crippen molar-refractivity contribution in [3.8, 4) is 5.75 Å². The van der Waals surface area contributed by atoms with Gasteiger partial charge in [-0.2, -0.15) is 0 Å². The fourth-order valence-corrected chi connectivity index (χ4v) is 6.94. The van der Waals surface area contributed by atoms with Gasteiger partial charge < -0.3 is 19.6 Å². The summed E-state index contributed by atoms with van der Waals surface area (Å²) in [6.45, 7) is 0. The quantitative estimate of drug-likeness (QED) is 0.487. The van der Waals surface area contributed by atoms with Crippen molar-refractivity contribution in [3.05, 3.63) is 58.1 Å². The number of methoxy groups -OCH3 is 2. The number of para-hydroxylation sites is 1. The molecular weight excluding hydrogens is 482 g/mol. The average molecular weight is 504 g/mol. The first kappa shape index (κ1) is 21.9. The molecule has 8 heteroatoms. The van der Waals surface area contributed by atoms with Crippen LogP contribution in [0.5, 0.6) is 5.75 Å². The van der Waals surface area contributed by atoms with Crippen molar-refractivity contribution in [1.29, 1.82) is 0 Å². The number of fused-ring (bicyclic) bond motifs is 2. The van der Waals surface area contributed by atoms with E-state index in [0.717, 1.165) is 27.6 Å². The van der Waals surface area contributed by atoms with Crippen LogP contribution in [0.15, 0.2) is 46.9 Å². The Labute approximate surface area is 193 Å². The van der Waals surface area contributed by atoms with Crippen molar-refractivity contribution in [1.82, 2.24) is 0 Å². The topological polar surface area (TPSA) is 81.7 Å². The van der Waals surface area contributed by atoms with Gasteiger partial charge in [-0.05, 0) is 51.4 Å². The molecule has 1 N–H and O–H groups in total. The minimum atomic E-state index is -0.980. The first-order valence-electron chi connectivity index (χ1n) is 9.86. The van der Waals surface area contributed by atoms with Gasteiger partial charge in [-0.1, -0.05) is 24.3 Å². The number of thioether (sulfide) groups is 1. The molecule has 6 nitrogen and oxygen atoms in total. The monoisotopic (exact) mass is 503 g/mol. The van der Waals surface area contributed by atoms with Crippen LogP contribution in [0.2, 0.25) is 0 Å². The Balaban J connectivity index is 1.89. The van der Waals surface area contributed by atoms with Crippen LogP contribution in [0.3, 0.4) is 0 Å². The van der Waals surface area contributed by atoms with E-state index in [0.29, 0.717) is 11.5 Å². The van der Waals surface area contributed by atoms with Gasteiger partial charge in [0.15, 0.2) is 0 Å². The van der Waals surface area contributed by atoms with Crippen molar-refractivity contribution in [2.24, 2.45) is 11.8 Å². The van der Waals surface area contributed by atoms with Crippen molar-refractivity contribution in [2.45, 2.75) is 17.1 Å². The number of halogens is 1. The first-order chi connectivity index (χ1) is 15.0. The number of rotatable bonds is 5. The van der Waals surface area contributed by atoms with Crippen LogP contribution in [0.25, 0.3) is 0 Å². The van der Waals surface area contributed by atoms with E-state index >= 15 is 0 Å². The van der Waals surface area contributed by atoms with Crippen molar-refractivity contribution < 1.29 is 23.9 Å². The molecule has 1 fully saturated rings. The number of anilines is 1. The highest BCUT2D eigenvalue weighted by Gasteiger charge is 2.60. The number of ether oxygens (including phenoxy) is 2. The number of carbonyl (C=O) groups is 3. The maximum atomic E-state index is 13.5. The highest BCUT2D eigenvalue weighted by atomic mass is 79.9. The molecule has 1 saturated heterocycles. The molecule has 2 aliphatic heterocycles. The van der Waals surface area contributed by atoms with E-state index in [-0.39, 0.29) is 24.2 Å². The lowest BCUT2D eigenvalue weighted by molar-refractivity contribution is -0.142. The molecule has 0 saturated carbocycles. The Bertz CT molecular complexity index is 1030. The second-order valence-corrected chi connectivity index (χ2v) is 9.79. The predicted molar refractivity (Wildman–Crippen MR) is 122 cm³/mol. The lowest BCUT2D eigenvalue weighted by Crippen LogP contribution is -2.48. The molecule has 4 atom stereocenters. The van der Waals surface area contributed by atoms with Crippen LogP contribution in [-0.4, -0.2) is 38.1 Å². The van der Waals surface area contributed by atoms with E-state index in [2.05, 4.69) is 21.2 Å². The van der Waals surface area contributed by atoms with Crippen molar-refractivity contribution in [3.63, 3.8) is 0 Å². The van der Waals surface area contributed by atoms with E-state index < -0.39 is 16.6 Å². The number of hydrogen-bond acceptors (Lipinski definition) is 6. The summed E-state index contributed by atoms with van der Waals surface area (Å²) in [5.74, 6) is -0.565. The minimum Gasteiger partial charge on any atom is -0.497 e. The van der Waals surface area contributed by atoms with Gasteiger partial charge in [0.1, 0.15) is 16.8 Å². The summed E-state index contributed by atoms with van der Waals surface area (Å²) < 4.78 is 9.96. The number of hydrogen-bond donors (Lipinski definition) is 1. The Kier molecular flexibility index (Phi) is 6.12. The molecule has 162 valence electrons. The van der Waals surface area contributed by atoms with Gasteiger partial charge in [0, 0.05) is 28.3 Å². The lowest BCUT2D eigenvalue weighted by atomic mass is 9.68. The number of amides is 1. The highest BCUT2D eigenvalue weighted by Crippen LogP contribution is 2.62. The van der Waals surface area contributed by atoms with Gasteiger partial charge in [0.05, 0.1) is 19.9 Å². The molecule has 0 aliphatic carbocycles. The average Bonchev–Trinajstić information content (AvgIpc) is 3.07. The van der Waals surface area contributed by atoms with Crippen LogP contribution < -0.4 is 10.1 Å². The molecule has 2 heterocycles. The Morgan fingerprint density at radius 3 is 2.65 bits per heavy atom. The SMILES string of the molecule is COC(=O)CC1CSC2(C(=O)Nc3c(Br)cccc32)C(c2ccc(OC)cc2)C1C=O. The van der Waals surface area contributed by atoms with E-state index in [1.807, 2.05) is 42.5 Å². The number of benzene rings is 2. The first-order valence-corrected chi connectivity index (χ1v) is 11.6. The number of esters is 1. The lowest BCUT2D eigenvalue weighted by Gasteiger charge is -2.46. The summed E-state index contributed by atoms with van der Waals surface area (Å²) in [5.41, 5.74) is 2.43. The second-order valence-electron chi connectivity index (χ2n) is 7.67. The van der Waals surface area contributed by atoms with Crippen LogP contribution in [0.1, 0.15) is 23.5 Å². The number of nitrogens with one attached hydrogen (secondary N) is 1. The molecule has 2 aliphatic rings. The molecule has 0 aromatic heterocycles. The predicted octanol–water partition coefficient (Wildman–Crippen LogP) is 4.13. The van der Waals surface area contributed by atoms with E-state index in [1.54, 1.807) is 7.11 Å². The molecule has 31 heavy (non-hydrogen) atoms. The van der Waals surface area contributed by atoms with Gasteiger partial charge in [-0.15, -0.1) is 11.8 Å². The van der Waals surface area contributed by atoms with Crippen LogP contribution in [0.4, 0.5) is 5.69 Å². The summed E-state index contributed by atoms with van der Waals surface area (Å²) >= 11 is 5.03. The summed E-state index contributed by atoms with van der Waals surface area (Å²) in [5, 5.41) is 3.02. The third-order valence-corrected chi connectivity index (χ3v) is 8.54. The zero-order valence-electron chi connectivity index (χ0n) is 17.1. The fourth-order valence-electron chi connectivity index (χ4n) is 4.67. The van der Waals surface area contributed by atoms with E-state index in [9.17, 15) is 14.4 Å². The Hall–Kier alpha value is -2.32.